The van der Waals surface area contributed by atoms with E-state index in [-0.39, 0.29) is 5.69 Å². The maximum Gasteiger partial charge on any atom is 0.354 e. The van der Waals surface area contributed by atoms with Gasteiger partial charge in [-0.05, 0) is 38.3 Å². The molecule has 5 nitrogen and oxygen atoms in total. The van der Waals surface area contributed by atoms with E-state index in [0.29, 0.717) is 11.6 Å². The Labute approximate surface area is 129 Å². The molecule has 2 heterocycles. The van der Waals surface area contributed by atoms with Crippen molar-refractivity contribution in [1.82, 2.24) is 9.97 Å². The second kappa shape index (κ2) is 5.75. The van der Waals surface area contributed by atoms with E-state index in [2.05, 4.69) is 20.9 Å². The topological polar surface area (TPSA) is 66.3 Å². The van der Waals surface area contributed by atoms with Gasteiger partial charge in [-0.25, -0.2) is 14.8 Å². The van der Waals surface area contributed by atoms with Gasteiger partial charge in [0.2, 0.25) is 5.95 Å². The Balaban J connectivity index is 2.11. The molecular weight excluding hydrogens is 278 g/mol. The Kier molecular flexibility index (Phi) is 3.79. The molecule has 0 spiro atoms. The van der Waals surface area contributed by atoms with Crippen LogP contribution in [0.5, 0.6) is 0 Å². The predicted molar refractivity (Wildman–Crippen MR) is 85.3 cm³/mol. The highest BCUT2D eigenvalue weighted by Crippen LogP contribution is 2.26. The van der Waals surface area contributed by atoms with Crippen molar-refractivity contribution >= 4 is 11.9 Å². The number of benzene rings is 1. The van der Waals surface area contributed by atoms with E-state index in [4.69, 9.17) is 0 Å². The maximum atomic E-state index is 11.4. The molecule has 0 unspecified atom stereocenters. The van der Waals surface area contributed by atoms with Gasteiger partial charge in [0.25, 0.3) is 0 Å². The van der Waals surface area contributed by atoms with Crippen molar-refractivity contribution in [3.05, 3.63) is 41.1 Å². The molecule has 1 fully saturated rings. The summed E-state index contributed by atoms with van der Waals surface area (Å²) in [6.07, 6.45) is 2.19. The lowest BCUT2D eigenvalue weighted by molar-refractivity contribution is 0.0690. The van der Waals surface area contributed by atoms with Crippen molar-refractivity contribution in [2.24, 2.45) is 0 Å². The summed E-state index contributed by atoms with van der Waals surface area (Å²) in [6.45, 7) is 5.82. The van der Waals surface area contributed by atoms with Crippen LogP contribution in [0.4, 0.5) is 5.95 Å². The maximum absolute atomic E-state index is 11.4. The van der Waals surface area contributed by atoms with E-state index in [1.807, 2.05) is 26.0 Å². The summed E-state index contributed by atoms with van der Waals surface area (Å²) in [6, 6.07) is 7.64. The number of rotatable bonds is 3. The molecule has 1 aliphatic rings. The first kappa shape index (κ1) is 14.5. The Morgan fingerprint density at radius 1 is 1.14 bits per heavy atom. The largest absolute Gasteiger partial charge is 0.477 e. The highest BCUT2D eigenvalue weighted by Gasteiger charge is 2.19. The summed E-state index contributed by atoms with van der Waals surface area (Å²) in [5.41, 5.74) is 3.94. The van der Waals surface area contributed by atoms with Crippen molar-refractivity contribution in [3.8, 4) is 11.3 Å². The molecule has 0 atom stereocenters. The Hall–Kier alpha value is -2.43. The average Bonchev–Trinajstić information content (AvgIpc) is 3.01. The normalized spacial score (nSPS) is 14.4. The van der Waals surface area contributed by atoms with Gasteiger partial charge in [0.15, 0.2) is 5.69 Å². The zero-order chi connectivity index (χ0) is 15.7. The van der Waals surface area contributed by atoms with Crippen LogP contribution in [0.3, 0.4) is 0 Å². The fraction of sp³-hybridized carbons (Fsp3) is 0.353. The first-order chi connectivity index (χ1) is 10.5. The van der Waals surface area contributed by atoms with E-state index in [1.54, 1.807) is 6.07 Å². The van der Waals surface area contributed by atoms with Gasteiger partial charge < -0.3 is 10.0 Å². The van der Waals surface area contributed by atoms with Gasteiger partial charge in [-0.2, -0.15) is 0 Å². The summed E-state index contributed by atoms with van der Waals surface area (Å²) in [5, 5.41) is 9.33. The highest BCUT2D eigenvalue weighted by atomic mass is 16.4. The zero-order valence-corrected chi connectivity index (χ0v) is 12.8. The van der Waals surface area contributed by atoms with Crippen LogP contribution < -0.4 is 4.90 Å². The molecule has 22 heavy (non-hydrogen) atoms. The lowest BCUT2D eigenvalue weighted by Crippen LogP contribution is -2.22. The van der Waals surface area contributed by atoms with Crippen molar-refractivity contribution in [1.29, 1.82) is 0 Å². The fourth-order valence-electron chi connectivity index (χ4n) is 2.84. The molecule has 0 aliphatic carbocycles. The molecule has 1 N–H and O–H groups in total. The first-order valence-corrected chi connectivity index (χ1v) is 7.49. The van der Waals surface area contributed by atoms with Gasteiger partial charge in [0, 0.05) is 18.7 Å². The van der Waals surface area contributed by atoms with Gasteiger partial charge in [-0.15, -0.1) is 0 Å². The quantitative estimate of drug-likeness (QED) is 0.943. The molecule has 2 aromatic rings. The molecule has 0 saturated carbocycles. The number of hydrogen-bond acceptors (Lipinski definition) is 4. The van der Waals surface area contributed by atoms with Crippen LogP contribution in [0.2, 0.25) is 0 Å². The second-order valence-electron chi connectivity index (χ2n) is 5.76. The van der Waals surface area contributed by atoms with Crippen LogP contribution >= 0.6 is 0 Å². The van der Waals surface area contributed by atoms with E-state index >= 15 is 0 Å². The summed E-state index contributed by atoms with van der Waals surface area (Å²) in [7, 11) is 0. The summed E-state index contributed by atoms with van der Waals surface area (Å²) in [4.78, 5) is 22.2. The minimum Gasteiger partial charge on any atom is -0.477 e. The number of carboxylic acids is 1. The number of carboxylic acid groups (broad SMARTS) is 1. The van der Waals surface area contributed by atoms with E-state index in [9.17, 15) is 9.90 Å². The number of anilines is 1. The van der Waals surface area contributed by atoms with Crippen LogP contribution in [0.25, 0.3) is 11.3 Å². The van der Waals surface area contributed by atoms with Crippen molar-refractivity contribution in [2.45, 2.75) is 26.7 Å². The van der Waals surface area contributed by atoms with Gasteiger partial charge >= 0.3 is 5.97 Å². The average molecular weight is 297 g/mol. The van der Waals surface area contributed by atoms with E-state index < -0.39 is 5.97 Å². The second-order valence-corrected chi connectivity index (χ2v) is 5.76. The summed E-state index contributed by atoms with van der Waals surface area (Å²) >= 11 is 0. The zero-order valence-electron chi connectivity index (χ0n) is 12.8. The number of aromatic carboxylic acids is 1. The molecular formula is C17H19N3O2. The van der Waals surface area contributed by atoms with Gasteiger partial charge in [-0.3, -0.25) is 0 Å². The molecule has 1 aromatic carbocycles. The molecule has 1 aromatic heterocycles. The molecule has 0 bridgehead atoms. The van der Waals surface area contributed by atoms with Crippen LogP contribution in [0, 0.1) is 13.8 Å². The Morgan fingerprint density at radius 2 is 1.86 bits per heavy atom. The van der Waals surface area contributed by atoms with Gasteiger partial charge in [0.1, 0.15) is 0 Å². The minimum absolute atomic E-state index is 0.0480. The summed E-state index contributed by atoms with van der Waals surface area (Å²) < 4.78 is 0. The lowest BCUT2D eigenvalue weighted by Gasteiger charge is -2.17. The van der Waals surface area contributed by atoms with Crippen molar-refractivity contribution in [3.63, 3.8) is 0 Å². The smallest absolute Gasteiger partial charge is 0.354 e. The molecule has 0 radical (unpaired) electrons. The summed E-state index contributed by atoms with van der Waals surface area (Å²) in [5.74, 6) is -0.499. The van der Waals surface area contributed by atoms with Crippen molar-refractivity contribution < 1.29 is 9.90 Å². The molecule has 1 aliphatic heterocycles. The number of aryl methyl sites for hydroxylation is 2. The third-order valence-corrected chi connectivity index (χ3v) is 3.98. The molecule has 0 amide bonds. The number of aromatic nitrogens is 2. The van der Waals surface area contributed by atoms with E-state index in [0.717, 1.165) is 37.1 Å². The van der Waals surface area contributed by atoms with Crippen LogP contribution in [-0.2, 0) is 0 Å². The van der Waals surface area contributed by atoms with Crippen LogP contribution in [-0.4, -0.2) is 34.1 Å². The SMILES string of the molecule is Cc1ccc(-c2cc(C(=O)O)nc(N3CCCC3)n2)c(C)c1. The molecule has 114 valence electrons. The van der Waals surface area contributed by atoms with Crippen LogP contribution in [0.1, 0.15) is 34.5 Å². The first-order valence-electron chi connectivity index (χ1n) is 7.49. The number of carbonyl (C=O) groups is 1. The van der Waals surface area contributed by atoms with Gasteiger partial charge in [-0.1, -0.05) is 23.8 Å². The van der Waals surface area contributed by atoms with Crippen LogP contribution in [0.15, 0.2) is 24.3 Å². The lowest BCUT2D eigenvalue weighted by atomic mass is 10.0. The Morgan fingerprint density at radius 3 is 2.50 bits per heavy atom. The van der Waals surface area contributed by atoms with Gasteiger partial charge in [0.05, 0.1) is 5.69 Å². The standard InChI is InChI=1S/C17H19N3O2/c1-11-5-6-13(12(2)9-11)14-10-15(16(21)22)19-17(18-14)20-7-3-4-8-20/h5-6,9-10H,3-4,7-8H2,1-2H3,(H,21,22). The number of nitrogens with zero attached hydrogens (tertiary/aromatic N) is 3. The highest BCUT2D eigenvalue weighted by molar-refractivity contribution is 5.87. The fourth-order valence-corrected chi connectivity index (χ4v) is 2.84. The third-order valence-electron chi connectivity index (χ3n) is 3.98. The third kappa shape index (κ3) is 2.79. The monoisotopic (exact) mass is 297 g/mol. The Bertz CT molecular complexity index is 722. The predicted octanol–water partition coefficient (Wildman–Crippen LogP) is 3.06. The molecule has 3 rings (SSSR count). The number of hydrogen-bond donors (Lipinski definition) is 1. The minimum atomic E-state index is -1.02. The van der Waals surface area contributed by atoms with Crippen molar-refractivity contribution in [2.75, 3.05) is 18.0 Å². The molecule has 5 heteroatoms. The van der Waals surface area contributed by atoms with E-state index in [1.165, 1.54) is 5.56 Å². The molecule has 1 saturated heterocycles.